The van der Waals surface area contributed by atoms with E-state index in [2.05, 4.69) is 17.1 Å². The topological polar surface area (TPSA) is 84.7 Å². The standard InChI is InChI=1S/C16H23N3O3S/c1-10-2-3-11-12(8-10)23-16(14(11)15(17)21)18-13(20)9-19-4-6-22-7-5-19/h10H,2-9H2,1H3,(H2,17,21)(H,18,20)/t10-/m0/s1. The molecule has 0 radical (unpaired) electrons. The van der Waals surface area contributed by atoms with E-state index in [1.165, 1.54) is 16.2 Å². The third-order valence-electron chi connectivity index (χ3n) is 4.48. The maximum Gasteiger partial charge on any atom is 0.251 e. The second kappa shape index (κ2) is 6.98. The molecule has 0 unspecified atom stereocenters. The largest absolute Gasteiger partial charge is 0.379 e. The molecule has 1 aliphatic heterocycles. The summed E-state index contributed by atoms with van der Waals surface area (Å²) in [5, 5.41) is 3.53. The molecule has 1 atom stereocenters. The number of carbonyl (C=O) groups excluding carboxylic acids is 2. The van der Waals surface area contributed by atoms with Crippen LogP contribution in [0.15, 0.2) is 0 Å². The fourth-order valence-corrected chi connectivity index (χ4v) is 4.66. The molecule has 23 heavy (non-hydrogen) atoms. The highest BCUT2D eigenvalue weighted by molar-refractivity contribution is 7.17. The van der Waals surface area contributed by atoms with Crippen LogP contribution in [0, 0.1) is 5.92 Å². The quantitative estimate of drug-likeness (QED) is 0.866. The van der Waals surface area contributed by atoms with Gasteiger partial charge >= 0.3 is 0 Å². The minimum absolute atomic E-state index is 0.0963. The zero-order valence-electron chi connectivity index (χ0n) is 13.4. The number of hydrogen-bond donors (Lipinski definition) is 2. The first-order chi connectivity index (χ1) is 11.0. The first-order valence-corrected chi connectivity index (χ1v) is 8.90. The van der Waals surface area contributed by atoms with Crippen molar-refractivity contribution in [3.63, 3.8) is 0 Å². The number of anilines is 1. The summed E-state index contributed by atoms with van der Waals surface area (Å²) in [6, 6.07) is 0. The Kier molecular flexibility index (Phi) is 4.99. The van der Waals surface area contributed by atoms with Gasteiger partial charge in [-0.05, 0) is 30.7 Å². The lowest BCUT2D eigenvalue weighted by Crippen LogP contribution is -2.41. The highest BCUT2D eigenvalue weighted by atomic mass is 32.1. The van der Waals surface area contributed by atoms with E-state index in [0.717, 1.165) is 37.9 Å². The van der Waals surface area contributed by atoms with Crippen LogP contribution < -0.4 is 11.1 Å². The third-order valence-corrected chi connectivity index (χ3v) is 5.65. The lowest BCUT2D eigenvalue weighted by molar-refractivity contribution is -0.118. The molecule has 1 fully saturated rings. The number of nitrogens with one attached hydrogen (secondary N) is 1. The Balaban J connectivity index is 1.74. The summed E-state index contributed by atoms with van der Waals surface area (Å²) in [5.41, 5.74) is 7.13. The smallest absolute Gasteiger partial charge is 0.251 e. The van der Waals surface area contributed by atoms with Gasteiger partial charge in [-0.3, -0.25) is 14.5 Å². The summed E-state index contributed by atoms with van der Waals surface area (Å²) < 4.78 is 5.28. The first-order valence-electron chi connectivity index (χ1n) is 8.09. The van der Waals surface area contributed by atoms with Crippen molar-refractivity contribution in [3.05, 3.63) is 16.0 Å². The van der Waals surface area contributed by atoms with E-state index in [1.807, 2.05) is 0 Å². The van der Waals surface area contributed by atoms with E-state index in [1.54, 1.807) is 0 Å². The van der Waals surface area contributed by atoms with Crippen molar-refractivity contribution in [1.82, 2.24) is 4.90 Å². The number of hydrogen-bond acceptors (Lipinski definition) is 5. The molecule has 0 aromatic carbocycles. The van der Waals surface area contributed by atoms with Gasteiger partial charge in [-0.15, -0.1) is 11.3 Å². The van der Waals surface area contributed by atoms with Gasteiger partial charge in [0.2, 0.25) is 5.91 Å². The van der Waals surface area contributed by atoms with Gasteiger partial charge in [0.15, 0.2) is 0 Å². The average molecular weight is 337 g/mol. The maximum absolute atomic E-state index is 12.3. The Labute approximate surface area is 140 Å². The van der Waals surface area contributed by atoms with Crippen molar-refractivity contribution in [2.45, 2.75) is 26.2 Å². The monoisotopic (exact) mass is 337 g/mol. The predicted octanol–water partition coefficient (Wildman–Crippen LogP) is 1.24. The molecule has 1 aliphatic carbocycles. The molecule has 6 nitrogen and oxygen atoms in total. The number of morpholine rings is 1. The highest BCUT2D eigenvalue weighted by Gasteiger charge is 2.27. The Morgan fingerprint density at radius 2 is 2.13 bits per heavy atom. The van der Waals surface area contributed by atoms with Gasteiger partial charge in [0, 0.05) is 18.0 Å². The van der Waals surface area contributed by atoms with Crippen LogP contribution in [0.4, 0.5) is 5.00 Å². The molecule has 7 heteroatoms. The Morgan fingerprint density at radius 1 is 1.39 bits per heavy atom. The molecule has 0 bridgehead atoms. The van der Waals surface area contributed by atoms with E-state index >= 15 is 0 Å². The molecule has 1 saturated heterocycles. The van der Waals surface area contributed by atoms with Gasteiger partial charge in [0.1, 0.15) is 5.00 Å². The number of fused-ring (bicyclic) bond motifs is 1. The fourth-order valence-electron chi connectivity index (χ4n) is 3.23. The van der Waals surface area contributed by atoms with Crippen LogP contribution in [0.2, 0.25) is 0 Å². The predicted molar refractivity (Wildman–Crippen MR) is 89.9 cm³/mol. The van der Waals surface area contributed by atoms with Crippen LogP contribution in [0.25, 0.3) is 0 Å². The van der Waals surface area contributed by atoms with E-state index in [9.17, 15) is 9.59 Å². The van der Waals surface area contributed by atoms with Crippen LogP contribution >= 0.6 is 11.3 Å². The molecule has 3 N–H and O–H groups in total. The zero-order valence-corrected chi connectivity index (χ0v) is 14.2. The fraction of sp³-hybridized carbons (Fsp3) is 0.625. The SMILES string of the molecule is C[C@H]1CCc2c(sc(NC(=O)CN3CCOCC3)c2C(N)=O)C1. The molecule has 2 heterocycles. The van der Waals surface area contributed by atoms with Crippen molar-refractivity contribution in [2.75, 3.05) is 38.2 Å². The molecule has 1 aromatic heterocycles. The van der Waals surface area contributed by atoms with Crippen molar-refractivity contribution < 1.29 is 14.3 Å². The molecule has 2 amide bonds. The summed E-state index contributed by atoms with van der Waals surface area (Å²) >= 11 is 1.51. The summed E-state index contributed by atoms with van der Waals surface area (Å²) in [7, 11) is 0. The van der Waals surface area contributed by atoms with Gasteiger partial charge < -0.3 is 15.8 Å². The molecular formula is C16H23N3O3S. The third kappa shape index (κ3) is 3.73. The number of primary amides is 1. The van der Waals surface area contributed by atoms with Crippen molar-refractivity contribution >= 4 is 28.2 Å². The van der Waals surface area contributed by atoms with Gasteiger partial charge in [-0.25, -0.2) is 0 Å². The van der Waals surface area contributed by atoms with Crippen LogP contribution in [-0.4, -0.2) is 49.6 Å². The molecule has 0 saturated carbocycles. The molecule has 126 valence electrons. The van der Waals surface area contributed by atoms with Crippen LogP contribution in [0.3, 0.4) is 0 Å². The molecule has 0 spiro atoms. The second-order valence-corrected chi connectivity index (χ2v) is 7.46. The van der Waals surface area contributed by atoms with E-state index < -0.39 is 5.91 Å². The minimum Gasteiger partial charge on any atom is -0.379 e. The van der Waals surface area contributed by atoms with Crippen LogP contribution in [0.5, 0.6) is 0 Å². The molecule has 1 aromatic rings. The van der Waals surface area contributed by atoms with Crippen molar-refractivity contribution in [1.29, 1.82) is 0 Å². The van der Waals surface area contributed by atoms with Crippen molar-refractivity contribution in [2.24, 2.45) is 11.7 Å². The Morgan fingerprint density at radius 3 is 2.83 bits per heavy atom. The van der Waals surface area contributed by atoms with E-state index in [0.29, 0.717) is 36.2 Å². The van der Waals surface area contributed by atoms with E-state index in [4.69, 9.17) is 10.5 Å². The number of thiophene rings is 1. The number of ether oxygens (including phenoxy) is 1. The van der Waals surface area contributed by atoms with Crippen LogP contribution in [0.1, 0.15) is 34.1 Å². The molecule has 3 rings (SSSR count). The minimum atomic E-state index is -0.446. The normalized spacial score (nSPS) is 21.7. The number of carbonyl (C=O) groups is 2. The van der Waals surface area contributed by atoms with E-state index in [-0.39, 0.29) is 5.91 Å². The van der Waals surface area contributed by atoms with Crippen molar-refractivity contribution in [3.8, 4) is 0 Å². The lowest BCUT2D eigenvalue weighted by Gasteiger charge is -2.25. The average Bonchev–Trinajstić information content (AvgIpc) is 2.84. The van der Waals surface area contributed by atoms with Gasteiger partial charge in [0.25, 0.3) is 5.91 Å². The first kappa shape index (κ1) is 16.4. The summed E-state index contributed by atoms with van der Waals surface area (Å²) in [4.78, 5) is 27.4. The Hall–Kier alpha value is -1.44. The number of nitrogens with two attached hydrogens (primary N) is 1. The molecular weight excluding hydrogens is 314 g/mol. The summed E-state index contributed by atoms with van der Waals surface area (Å²) in [5.74, 6) is 0.0681. The number of amides is 2. The second-order valence-electron chi connectivity index (χ2n) is 6.36. The summed E-state index contributed by atoms with van der Waals surface area (Å²) in [6.07, 6.45) is 2.88. The zero-order chi connectivity index (χ0) is 16.4. The van der Waals surface area contributed by atoms with Gasteiger partial charge in [-0.2, -0.15) is 0 Å². The highest BCUT2D eigenvalue weighted by Crippen LogP contribution is 2.39. The van der Waals surface area contributed by atoms with Gasteiger partial charge in [0.05, 0.1) is 25.3 Å². The lowest BCUT2D eigenvalue weighted by atomic mass is 9.88. The summed E-state index contributed by atoms with van der Waals surface area (Å²) in [6.45, 7) is 5.36. The Bertz CT molecular complexity index is 608. The molecule has 2 aliphatic rings. The number of nitrogens with zero attached hydrogens (tertiary/aromatic N) is 1. The number of rotatable bonds is 4. The maximum atomic E-state index is 12.3. The van der Waals surface area contributed by atoms with Crippen LogP contribution in [-0.2, 0) is 22.4 Å². The van der Waals surface area contributed by atoms with Gasteiger partial charge in [-0.1, -0.05) is 6.92 Å².